The number of nitriles is 1. The van der Waals surface area contributed by atoms with Crippen molar-refractivity contribution in [1.82, 2.24) is 0 Å². The van der Waals surface area contributed by atoms with Crippen molar-refractivity contribution in [3.8, 4) is 17.6 Å². The van der Waals surface area contributed by atoms with Crippen LogP contribution >= 0.6 is 11.6 Å². The van der Waals surface area contributed by atoms with E-state index in [9.17, 15) is 0 Å². The van der Waals surface area contributed by atoms with E-state index < -0.39 is 0 Å². The highest BCUT2D eigenvalue weighted by Gasteiger charge is 1.99. The second-order valence-electron chi connectivity index (χ2n) is 3.52. The van der Waals surface area contributed by atoms with Crippen molar-refractivity contribution in [2.45, 2.75) is 5.88 Å². The maximum Gasteiger partial charge on any atom is 0.127 e. The van der Waals surface area contributed by atoms with E-state index >= 15 is 0 Å². The zero-order valence-electron chi connectivity index (χ0n) is 9.06. The molecule has 0 aromatic heterocycles. The molecule has 0 aliphatic heterocycles. The molecular formula is C14H10ClNO. The number of ether oxygens (including phenoxy) is 1. The molecule has 0 saturated carbocycles. The first-order chi connectivity index (χ1) is 8.31. The lowest BCUT2D eigenvalue weighted by Crippen LogP contribution is -1.86. The normalized spacial score (nSPS) is 9.65. The Morgan fingerprint density at radius 2 is 1.82 bits per heavy atom. The fourth-order valence-corrected chi connectivity index (χ4v) is 1.59. The SMILES string of the molecule is N#Cc1ccc(Oc2cccc(CCl)c2)cc1. The molecule has 2 aromatic carbocycles. The van der Waals surface area contributed by atoms with Gasteiger partial charge in [-0.25, -0.2) is 0 Å². The van der Waals surface area contributed by atoms with E-state index in [1.165, 1.54) is 0 Å². The minimum absolute atomic E-state index is 0.463. The Balaban J connectivity index is 2.16. The third-order valence-electron chi connectivity index (χ3n) is 2.27. The van der Waals surface area contributed by atoms with Gasteiger partial charge in [-0.3, -0.25) is 0 Å². The molecule has 2 nitrogen and oxygen atoms in total. The smallest absolute Gasteiger partial charge is 0.127 e. The predicted octanol–water partition coefficient (Wildman–Crippen LogP) is 4.09. The van der Waals surface area contributed by atoms with Crippen LogP contribution in [0.1, 0.15) is 11.1 Å². The third kappa shape index (κ3) is 2.99. The van der Waals surface area contributed by atoms with Gasteiger partial charge >= 0.3 is 0 Å². The largest absolute Gasteiger partial charge is 0.457 e. The lowest BCUT2D eigenvalue weighted by Gasteiger charge is -2.06. The number of benzene rings is 2. The van der Waals surface area contributed by atoms with Crippen LogP contribution in [0.15, 0.2) is 48.5 Å². The maximum absolute atomic E-state index is 8.68. The molecule has 0 heterocycles. The van der Waals surface area contributed by atoms with E-state index in [1.807, 2.05) is 24.3 Å². The molecule has 0 aliphatic carbocycles. The van der Waals surface area contributed by atoms with Crippen LogP contribution in [-0.4, -0.2) is 0 Å². The van der Waals surface area contributed by atoms with Crippen molar-refractivity contribution in [3.63, 3.8) is 0 Å². The number of hydrogen-bond donors (Lipinski definition) is 0. The average Bonchev–Trinajstić information content (AvgIpc) is 2.40. The van der Waals surface area contributed by atoms with Crippen molar-refractivity contribution in [2.24, 2.45) is 0 Å². The molecule has 2 aromatic rings. The Labute approximate surface area is 105 Å². The molecule has 0 bridgehead atoms. The summed E-state index contributed by atoms with van der Waals surface area (Å²) in [5, 5.41) is 8.68. The third-order valence-corrected chi connectivity index (χ3v) is 2.58. The van der Waals surface area contributed by atoms with Gasteiger partial charge in [-0.2, -0.15) is 5.26 Å². The number of halogens is 1. The molecule has 0 spiro atoms. The Bertz CT molecular complexity index is 543. The number of hydrogen-bond acceptors (Lipinski definition) is 2. The lowest BCUT2D eigenvalue weighted by atomic mass is 10.2. The molecule has 0 N–H and O–H groups in total. The van der Waals surface area contributed by atoms with Gasteiger partial charge in [0.2, 0.25) is 0 Å². The van der Waals surface area contributed by atoms with Gasteiger partial charge in [0.1, 0.15) is 11.5 Å². The highest BCUT2D eigenvalue weighted by Crippen LogP contribution is 2.22. The molecule has 0 aliphatic rings. The standard InChI is InChI=1S/C14H10ClNO/c15-9-12-2-1-3-14(8-12)17-13-6-4-11(10-16)5-7-13/h1-8H,9H2. The zero-order valence-corrected chi connectivity index (χ0v) is 9.82. The molecule has 0 amide bonds. The molecule has 0 unspecified atom stereocenters. The second-order valence-corrected chi connectivity index (χ2v) is 3.79. The molecule has 0 radical (unpaired) electrons. The first-order valence-corrected chi connectivity index (χ1v) is 5.68. The average molecular weight is 244 g/mol. The highest BCUT2D eigenvalue weighted by molar-refractivity contribution is 6.17. The summed E-state index contributed by atoms with van der Waals surface area (Å²) in [7, 11) is 0. The highest BCUT2D eigenvalue weighted by atomic mass is 35.5. The Morgan fingerprint density at radius 1 is 1.06 bits per heavy atom. The van der Waals surface area contributed by atoms with Crippen LogP contribution in [0.25, 0.3) is 0 Å². The van der Waals surface area contributed by atoms with Crippen LogP contribution in [0.2, 0.25) is 0 Å². The summed E-state index contributed by atoms with van der Waals surface area (Å²) in [4.78, 5) is 0. The topological polar surface area (TPSA) is 33.0 Å². The Hall–Kier alpha value is -1.98. The van der Waals surface area contributed by atoms with Gasteiger partial charge < -0.3 is 4.74 Å². The van der Waals surface area contributed by atoms with E-state index in [-0.39, 0.29) is 0 Å². The van der Waals surface area contributed by atoms with Crippen LogP contribution < -0.4 is 4.74 Å². The van der Waals surface area contributed by atoms with E-state index in [1.54, 1.807) is 24.3 Å². The monoisotopic (exact) mass is 243 g/mol. The van der Waals surface area contributed by atoms with Gasteiger partial charge in [0.05, 0.1) is 11.6 Å². The van der Waals surface area contributed by atoms with E-state index in [0.717, 1.165) is 11.3 Å². The maximum atomic E-state index is 8.68. The van der Waals surface area contributed by atoms with Crippen molar-refractivity contribution >= 4 is 11.6 Å². The Kier molecular flexibility index (Phi) is 3.64. The first kappa shape index (κ1) is 11.5. The number of rotatable bonds is 3. The van der Waals surface area contributed by atoms with Gasteiger partial charge in [-0.05, 0) is 42.0 Å². The van der Waals surface area contributed by atoms with Gasteiger partial charge in [0, 0.05) is 5.88 Å². The van der Waals surface area contributed by atoms with Crippen molar-refractivity contribution in [2.75, 3.05) is 0 Å². The van der Waals surface area contributed by atoms with Gasteiger partial charge in [-0.1, -0.05) is 12.1 Å². The van der Waals surface area contributed by atoms with Crippen LogP contribution in [0.3, 0.4) is 0 Å². The van der Waals surface area contributed by atoms with E-state index in [2.05, 4.69) is 6.07 Å². The quantitative estimate of drug-likeness (QED) is 0.761. The summed E-state index contributed by atoms with van der Waals surface area (Å²) in [6.45, 7) is 0. The van der Waals surface area contributed by atoms with E-state index in [0.29, 0.717) is 17.2 Å². The van der Waals surface area contributed by atoms with Gasteiger partial charge in [0.15, 0.2) is 0 Å². The molecule has 17 heavy (non-hydrogen) atoms. The zero-order chi connectivity index (χ0) is 12.1. The van der Waals surface area contributed by atoms with Crippen LogP contribution in [0.4, 0.5) is 0 Å². The minimum Gasteiger partial charge on any atom is -0.457 e. The summed E-state index contributed by atoms with van der Waals surface area (Å²) >= 11 is 5.75. The molecule has 3 heteroatoms. The molecule has 0 fully saturated rings. The molecule has 0 saturated heterocycles. The van der Waals surface area contributed by atoms with Crippen LogP contribution in [0, 0.1) is 11.3 Å². The summed E-state index contributed by atoms with van der Waals surface area (Å²) in [6, 6.07) is 16.7. The van der Waals surface area contributed by atoms with Crippen molar-refractivity contribution < 1.29 is 4.74 Å². The molecule has 2 rings (SSSR count). The number of nitrogens with zero attached hydrogens (tertiary/aromatic N) is 1. The summed E-state index contributed by atoms with van der Waals surface area (Å²) in [6.07, 6.45) is 0. The fraction of sp³-hybridized carbons (Fsp3) is 0.0714. The van der Waals surface area contributed by atoms with Crippen molar-refractivity contribution in [1.29, 1.82) is 5.26 Å². The first-order valence-electron chi connectivity index (χ1n) is 5.15. The fourth-order valence-electron chi connectivity index (χ4n) is 1.43. The van der Waals surface area contributed by atoms with E-state index in [4.69, 9.17) is 21.6 Å². The molecular weight excluding hydrogens is 234 g/mol. The van der Waals surface area contributed by atoms with Crippen LogP contribution in [-0.2, 0) is 5.88 Å². The summed E-state index contributed by atoms with van der Waals surface area (Å²) < 4.78 is 5.65. The summed E-state index contributed by atoms with van der Waals surface area (Å²) in [5.74, 6) is 1.91. The van der Waals surface area contributed by atoms with Gasteiger partial charge in [-0.15, -0.1) is 11.6 Å². The number of alkyl halides is 1. The second kappa shape index (κ2) is 5.38. The minimum atomic E-state index is 0.463. The summed E-state index contributed by atoms with van der Waals surface area (Å²) in [5.41, 5.74) is 1.63. The Morgan fingerprint density at radius 3 is 2.47 bits per heavy atom. The van der Waals surface area contributed by atoms with Gasteiger partial charge in [0.25, 0.3) is 0 Å². The lowest BCUT2D eigenvalue weighted by molar-refractivity contribution is 0.482. The van der Waals surface area contributed by atoms with Crippen LogP contribution in [0.5, 0.6) is 11.5 Å². The van der Waals surface area contributed by atoms with Crippen molar-refractivity contribution in [3.05, 3.63) is 59.7 Å². The molecule has 84 valence electrons. The predicted molar refractivity (Wildman–Crippen MR) is 67.2 cm³/mol. The molecule has 0 atom stereocenters.